The standard InChI is InChI=1S/2C6H16N.2C2HF3O2/c2*1-5-6-7(2,3)4;2*3-2(4,5)1(6)7/h2*5-6H2,1-4H3;2*(H,6,7)/q2*+1;;/p-2. The van der Waals surface area contributed by atoms with Gasteiger partial charge >= 0.3 is 12.4 Å². The molecule has 6 nitrogen and oxygen atoms in total. The van der Waals surface area contributed by atoms with E-state index < -0.39 is 24.3 Å². The van der Waals surface area contributed by atoms with Crippen LogP contribution in [-0.2, 0) is 9.59 Å². The second kappa shape index (κ2) is 14.4. The minimum Gasteiger partial charge on any atom is -0.542 e. The van der Waals surface area contributed by atoms with Gasteiger partial charge in [0.25, 0.3) is 0 Å². The van der Waals surface area contributed by atoms with Crippen molar-refractivity contribution in [2.75, 3.05) is 55.4 Å². The van der Waals surface area contributed by atoms with Crippen LogP contribution >= 0.6 is 0 Å². The number of nitrogens with zero attached hydrogens (tertiary/aromatic N) is 2. The molecule has 0 saturated heterocycles. The zero-order valence-electron chi connectivity index (χ0n) is 17.6. The average Bonchev–Trinajstić information content (AvgIpc) is 2.35. The molecule has 0 spiro atoms. The fraction of sp³-hybridized carbons (Fsp3) is 0.875. The summed E-state index contributed by atoms with van der Waals surface area (Å²) < 4.78 is 65.3. The molecule has 0 N–H and O–H groups in total. The lowest BCUT2D eigenvalue weighted by Crippen LogP contribution is -2.37. The number of aliphatic carboxylic acids is 2. The molecule has 0 aliphatic rings. The van der Waals surface area contributed by atoms with Crippen LogP contribution in [0.25, 0.3) is 0 Å². The van der Waals surface area contributed by atoms with Gasteiger partial charge in [-0.2, -0.15) is 26.3 Å². The van der Waals surface area contributed by atoms with Crippen LogP contribution < -0.4 is 10.2 Å². The maximum absolute atomic E-state index is 10.5. The van der Waals surface area contributed by atoms with Crippen LogP contribution in [0.15, 0.2) is 0 Å². The largest absolute Gasteiger partial charge is 0.542 e. The Morgan fingerprint density at radius 2 is 0.786 bits per heavy atom. The maximum Gasteiger partial charge on any atom is 0.430 e. The topological polar surface area (TPSA) is 80.3 Å². The number of carbonyl (C=O) groups is 2. The Balaban J connectivity index is -0.000000137. The Bertz CT molecular complexity index is 385. The number of quaternary nitrogens is 2. The summed E-state index contributed by atoms with van der Waals surface area (Å²) in [4.78, 5) is 17.6. The molecule has 172 valence electrons. The van der Waals surface area contributed by atoms with Crippen molar-refractivity contribution in [3.05, 3.63) is 0 Å². The summed E-state index contributed by atoms with van der Waals surface area (Å²) in [6.45, 7) is 6.98. The van der Waals surface area contributed by atoms with E-state index in [0.29, 0.717) is 0 Å². The molecule has 0 amide bonds. The van der Waals surface area contributed by atoms with Gasteiger partial charge < -0.3 is 28.8 Å². The zero-order chi connectivity index (χ0) is 24.0. The van der Waals surface area contributed by atoms with E-state index in [2.05, 4.69) is 56.1 Å². The summed E-state index contributed by atoms with van der Waals surface area (Å²) in [6.07, 6.45) is -7.83. The van der Waals surface area contributed by atoms with Crippen LogP contribution in [-0.4, -0.2) is 88.6 Å². The first kappa shape index (κ1) is 34.0. The van der Waals surface area contributed by atoms with Crippen molar-refractivity contribution in [1.82, 2.24) is 0 Å². The third-order valence-electron chi connectivity index (χ3n) is 2.25. The molecule has 28 heavy (non-hydrogen) atoms. The maximum atomic E-state index is 10.5. The quantitative estimate of drug-likeness (QED) is 0.488. The van der Waals surface area contributed by atoms with Gasteiger partial charge in [0.05, 0.1) is 55.4 Å². The molecular formula is C16H32F6N2O4. The van der Waals surface area contributed by atoms with Crippen molar-refractivity contribution in [2.45, 2.75) is 39.0 Å². The molecule has 0 aliphatic heterocycles. The minimum absolute atomic E-state index is 1.09. The first-order chi connectivity index (χ1) is 12.0. The molecule has 0 aromatic heterocycles. The fourth-order valence-electron chi connectivity index (χ4n) is 1.34. The predicted octanol–water partition coefficient (Wildman–Crippen LogP) is 0.802. The molecule has 0 aliphatic carbocycles. The third-order valence-corrected chi connectivity index (χ3v) is 2.25. The van der Waals surface area contributed by atoms with Crippen LogP contribution in [0.4, 0.5) is 26.3 Å². The molecular weight excluding hydrogens is 398 g/mol. The first-order valence-electron chi connectivity index (χ1n) is 8.18. The van der Waals surface area contributed by atoms with Crippen LogP contribution in [0, 0.1) is 0 Å². The first-order valence-corrected chi connectivity index (χ1v) is 8.18. The number of carbonyl (C=O) groups excluding carboxylic acids is 2. The van der Waals surface area contributed by atoms with E-state index in [-0.39, 0.29) is 0 Å². The summed E-state index contributed by atoms with van der Waals surface area (Å²) in [5.74, 6) is -6.01. The van der Waals surface area contributed by atoms with Gasteiger partial charge in [-0.25, -0.2) is 0 Å². The Hall–Kier alpha value is -1.56. The van der Waals surface area contributed by atoms with E-state index >= 15 is 0 Å². The molecule has 0 unspecified atom stereocenters. The third kappa shape index (κ3) is 39.5. The van der Waals surface area contributed by atoms with Gasteiger partial charge in [0.1, 0.15) is 11.9 Å². The van der Waals surface area contributed by atoms with Gasteiger partial charge in [-0.05, 0) is 12.8 Å². The Morgan fingerprint density at radius 3 is 0.786 bits per heavy atom. The molecule has 0 atom stereocenters. The fourth-order valence-corrected chi connectivity index (χ4v) is 1.34. The molecule has 0 saturated carbocycles. The number of rotatable bonds is 4. The van der Waals surface area contributed by atoms with Gasteiger partial charge in [-0.1, -0.05) is 13.8 Å². The molecule has 0 bridgehead atoms. The Labute approximate surface area is 162 Å². The van der Waals surface area contributed by atoms with Gasteiger partial charge in [0, 0.05) is 0 Å². The predicted molar refractivity (Wildman–Crippen MR) is 88.5 cm³/mol. The average molecular weight is 430 g/mol. The Kier molecular flexibility index (Phi) is 17.5. The normalized spacial score (nSPS) is 11.6. The van der Waals surface area contributed by atoms with E-state index in [1.165, 1.54) is 25.9 Å². The molecule has 0 fully saturated rings. The van der Waals surface area contributed by atoms with Crippen molar-refractivity contribution >= 4 is 11.9 Å². The number of halogens is 6. The van der Waals surface area contributed by atoms with Crippen molar-refractivity contribution in [3.8, 4) is 0 Å². The van der Waals surface area contributed by atoms with E-state index in [4.69, 9.17) is 19.8 Å². The van der Waals surface area contributed by atoms with Crippen LogP contribution in [0.5, 0.6) is 0 Å². The van der Waals surface area contributed by atoms with Gasteiger partial charge in [0.2, 0.25) is 0 Å². The highest BCUT2D eigenvalue weighted by Crippen LogP contribution is 2.12. The van der Waals surface area contributed by atoms with Gasteiger partial charge in [-0.3, -0.25) is 0 Å². The lowest BCUT2D eigenvalue weighted by Gasteiger charge is -2.22. The van der Waals surface area contributed by atoms with E-state index in [9.17, 15) is 26.3 Å². The summed E-state index contributed by atoms with van der Waals surface area (Å²) in [5.41, 5.74) is 0. The van der Waals surface area contributed by atoms with Crippen LogP contribution in [0.2, 0.25) is 0 Å². The van der Waals surface area contributed by atoms with Crippen molar-refractivity contribution in [2.24, 2.45) is 0 Å². The van der Waals surface area contributed by atoms with Gasteiger partial charge in [0.15, 0.2) is 0 Å². The SMILES string of the molecule is CCC[N+](C)(C)C.CCC[N+](C)(C)C.O=C([O-])C(F)(F)F.O=C([O-])C(F)(F)F. The molecule has 0 heterocycles. The summed E-state index contributed by atoms with van der Waals surface area (Å²) in [7, 11) is 13.3. The second-order valence-corrected chi connectivity index (χ2v) is 7.60. The smallest absolute Gasteiger partial charge is 0.430 e. The number of hydrogen-bond donors (Lipinski definition) is 0. The van der Waals surface area contributed by atoms with E-state index in [0.717, 1.165) is 8.97 Å². The summed E-state index contributed by atoms with van der Waals surface area (Å²) in [6, 6.07) is 0. The molecule has 0 aromatic carbocycles. The molecule has 12 heteroatoms. The monoisotopic (exact) mass is 430 g/mol. The molecule has 0 radical (unpaired) electrons. The van der Waals surface area contributed by atoms with Crippen LogP contribution in [0.3, 0.4) is 0 Å². The van der Waals surface area contributed by atoms with Crippen molar-refractivity contribution in [3.63, 3.8) is 0 Å². The number of alkyl halides is 6. The Morgan fingerprint density at radius 1 is 0.643 bits per heavy atom. The van der Waals surface area contributed by atoms with Crippen molar-refractivity contribution in [1.29, 1.82) is 0 Å². The molecule has 0 rings (SSSR count). The highest BCUT2D eigenvalue weighted by molar-refractivity contribution is 5.71. The number of carboxylic acid groups (broad SMARTS) is 2. The summed E-state index contributed by atoms with van der Waals surface area (Å²) in [5, 5.41) is 17.6. The highest BCUT2D eigenvalue weighted by atomic mass is 19.4. The lowest BCUT2D eigenvalue weighted by molar-refractivity contribution is -0.870. The minimum atomic E-state index is -5.19. The van der Waals surface area contributed by atoms with E-state index in [1.54, 1.807) is 0 Å². The van der Waals surface area contributed by atoms with Gasteiger partial charge in [-0.15, -0.1) is 0 Å². The molecule has 0 aromatic rings. The highest BCUT2D eigenvalue weighted by Gasteiger charge is 2.29. The number of carboxylic acids is 2. The zero-order valence-corrected chi connectivity index (χ0v) is 17.6. The van der Waals surface area contributed by atoms with Crippen LogP contribution in [0.1, 0.15) is 26.7 Å². The number of hydrogen-bond acceptors (Lipinski definition) is 4. The summed E-state index contributed by atoms with van der Waals surface area (Å²) >= 11 is 0. The van der Waals surface area contributed by atoms with E-state index in [1.807, 2.05) is 0 Å². The van der Waals surface area contributed by atoms with Crippen molar-refractivity contribution < 1.29 is 55.1 Å². The second-order valence-electron chi connectivity index (χ2n) is 7.60. The lowest BCUT2D eigenvalue weighted by atomic mass is 10.4.